The van der Waals surface area contributed by atoms with Crippen LogP contribution in [0.2, 0.25) is 5.02 Å². The van der Waals surface area contributed by atoms with Crippen molar-refractivity contribution in [1.29, 1.82) is 0 Å². The first-order chi connectivity index (χ1) is 16.3. The Morgan fingerprint density at radius 2 is 2.00 bits per heavy atom. The summed E-state index contributed by atoms with van der Waals surface area (Å²) in [6, 6.07) is 7.22. The molecule has 2 N–H and O–H groups in total. The van der Waals surface area contributed by atoms with Crippen molar-refractivity contribution >= 4 is 45.9 Å². The van der Waals surface area contributed by atoms with Crippen molar-refractivity contribution in [3.63, 3.8) is 0 Å². The molecule has 3 heterocycles. The van der Waals surface area contributed by atoms with Crippen LogP contribution in [0.25, 0.3) is 10.9 Å². The average Bonchev–Trinajstić information content (AvgIpc) is 2.83. The summed E-state index contributed by atoms with van der Waals surface area (Å²) >= 11 is 6.39. The summed E-state index contributed by atoms with van der Waals surface area (Å²) < 4.78 is 7.14. The number of anilines is 3. The minimum absolute atomic E-state index is 0.102. The van der Waals surface area contributed by atoms with Crippen LogP contribution in [-0.2, 0) is 11.8 Å². The first kappa shape index (κ1) is 23.8. The highest BCUT2D eigenvalue weighted by molar-refractivity contribution is 6.32. The van der Waals surface area contributed by atoms with E-state index in [0.29, 0.717) is 22.7 Å². The van der Waals surface area contributed by atoms with Gasteiger partial charge < -0.3 is 24.8 Å². The van der Waals surface area contributed by atoms with Gasteiger partial charge in [-0.25, -0.2) is 4.98 Å². The van der Waals surface area contributed by atoms with E-state index in [0.717, 1.165) is 42.5 Å². The van der Waals surface area contributed by atoms with Crippen LogP contribution in [0.3, 0.4) is 0 Å². The van der Waals surface area contributed by atoms with Crippen molar-refractivity contribution in [2.24, 2.45) is 13.0 Å². The Morgan fingerprint density at radius 1 is 1.26 bits per heavy atom. The van der Waals surface area contributed by atoms with Crippen molar-refractivity contribution < 1.29 is 9.53 Å². The zero-order valence-electron chi connectivity index (χ0n) is 19.8. The summed E-state index contributed by atoms with van der Waals surface area (Å²) in [5.41, 5.74) is 1.16. The van der Waals surface area contributed by atoms with E-state index < -0.39 is 6.10 Å². The molecule has 4 rings (SSSR count). The van der Waals surface area contributed by atoms with Crippen LogP contribution in [0.4, 0.5) is 17.5 Å². The lowest BCUT2D eigenvalue weighted by atomic mass is 10.00. The fourth-order valence-corrected chi connectivity index (χ4v) is 4.14. The summed E-state index contributed by atoms with van der Waals surface area (Å²) in [4.78, 5) is 35.8. The molecule has 1 aromatic carbocycles. The maximum Gasteiger partial charge on any atom is 0.293 e. The van der Waals surface area contributed by atoms with Gasteiger partial charge in [0.2, 0.25) is 5.95 Å². The van der Waals surface area contributed by atoms with Crippen LogP contribution in [0.1, 0.15) is 26.7 Å². The van der Waals surface area contributed by atoms with Crippen molar-refractivity contribution in [2.75, 3.05) is 30.4 Å². The monoisotopic (exact) mass is 484 g/mol. The normalized spacial score (nSPS) is 15.3. The van der Waals surface area contributed by atoms with Crippen LogP contribution in [0.15, 0.2) is 35.3 Å². The third-order valence-corrected chi connectivity index (χ3v) is 6.45. The number of carbonyl (C=O) groups excluding carboxylic acids is 1. The number of rotatable bonds is 6. The van der Waals surface area contributed by atoms with Gasteiger partial charge in [-0.1, -0.05) is 18.5 Å². The first-order valence-electron chi connectivity index (χ1n) is 11.3. The molecular formula is C24H29ClN6O3. The summed E-state index contributed by atoms with van der Waals surface area (Å²) in [6.45, 7) is 5.70. The number of hydrogen-bond donors (Lipinski definition) is 2. The molecule has 0 radical (unpaired) electrons. The summed E-state index contributed by atoms with van der Waals surface area (Å²) in [6.07, 6.45) is 3.04. The van der Waals surface area contributed by atoms with Gasteiger partial charge in [0.15, 0.2) is 17.7 Å². The number of hydrogen-bond acceptors (Lipinski definition) is 7. The molecule has 34 heavy (non-hydrogen) atoms. The van der Waals surface area contributed by atoms with Gasteiger partial charge in [0.25, 0.3) is 11.5 Å². The lowest BCUT2D eigenvalue weighted by Gasteiger charge is -2.30. The fraction of sp³-hybridized carbons (Fsp3) is 0.417. The van der Waals surface area contributed by atoms with Crippen LogP contribution in [-0.4, -0.2) is 46.7 Å². The molecule has 1 unspecified atom stereocenters. The third kappa shape index (κ3) is 4.94. The van der Waals surface area contributed by atoms with Gasteiger partial charge in [0.05, 0.1) is 11.7 Å². The number of amides is 1. The molecule has 0 aliphatic carbocycles. The number of nitrogens with one attached hydrogen (secondary N) is 2. The standard InChI is InChI=1S/C24H29ClN6O3/c1-14-7-9-31(10-8-14)24-27-13-18(25)21(29-24)28-17-5-6-19-16(11-17)12-20(23(33)30(19)4)34-15(2)22(32)26-3/h5-6,11-15H,7-10H2,1-4H3,(H,26,32)(H,27,28,29). The van der Waals surface area contributed by atoms with E-state index in [9.17, 15) is 9.59 Å². The molecule has 180 valence electrons. The molecule has 3 aromatic rings. The topological polar surface area (TPSA) is 101 Å². The lowest BCUT2D eigenvalue weighted by Crippen LogP contribution is -2.35. The highest BCUT2D eigenvalue weighted by Crippen LogP contribution is 2.29. The van der Waals surface area contributed by atoms with Crippen LogP contribution in [0.5, 0.6) is 5.75 Å². The number of nitrogens with zero attached hydrogens (tertiary/aromatic N) is 4. The number of carbonyl (C=O) groups is 1. The number of likely N-dealkylation sites (N-methyl/N-ethyl adjacent to an activating group) is 1. The van der Waals surface area contributed by atoms with E-state index in [1.807, 2.05) is 18.2 Å². The second-order valence-electron chi connectivity index (χ2n) is 8.68. The van der Waals surface area contributed by atoms with Gasteiger partial charge in [-0.3, -0.25) is 9.59 Å². The third-order valence-electron chi connectivity index (χ3n) is 6.17. The lowest BCUT2D eigenvalue weighted by molar-refractivity contribution is -0.126. The SMILES string of the molecule is CNC(=O)C(C)Oc1cc2cc(Nc3nc(N4CCC(C)CC4)ncc3Cl)ccc2n(C)c1=O. The molecule has 9 nitrogen and oxygen atoms in total. The van der Waals surface area contributed by atoms with E-state index >= 15 is 0 Å². The highest BCUT2D eigenvalue weighted by Gasteiger charge is 2.20. The van der Waals surface area contributed by atoms with E-state index in [2.05, 4.69) is 32.4 Å². The second-order valence-corrected chi connectivity index (χ2v) is 9.09. The Kier molecular flexibility index (Phi) is 6.92. The smallest absolute Gasteiger partial charge is 0.293 e. The molecule has 10 heteroatoms. The van der Waals surface area contributed by atoms with E-state index in [1.54, 1.807) is 26.2 Å². The van der Waals surface area contributed by atoms with Crippen molar-refractivity contribution in [3.05, 3.63) is 45.8 Å². The molecule has 0 saturated carbocycles. The van der Waals surface area contributed by atoms with Crippen molar-refractivity contribution in [2.45, 2.75) is 32.8 Å². The first-order valence-corrected chi connectivity index (χ1v) is 11.7. The molecule has 1 aliphatic rings. The zero-order valence-corrected chi connectivity index (χ0v) is 20.5. The molecule has 0 spiro atoms. The van der Waals surface area contributed by atoms with E-state index in [4.69, 9.17) is 16.3 Å². The van der Waals surface area contributed by atoms with E-state index in [1.165, 1.54) is 11.6 Å². The molecule has 1 saturated heterocycles. The maximum atomic E-state index is 12.7. The number of aryl methyl sites for hydroxylation is 1. The second kappa shape index (κ2) is 9.89. The van der Waals surface area contributed by atoms with Gasteiger partial charge in [0.1, 0.15) is 5.02 Å². The number of piperidine rings is 1. The number of halogens is 1. The highest BCUT2D eigenvalue weighted by atomic mass is 35.5. The summed E-state index contributed by atoms with van der Waals surface area (Å²) in [7, 11) is 3.19. The largest absolute Gasteiger partial charge is 0.475 e. The molecule has 1 amide bonds. The Morgan fingerprint density at radius 3 is 2.71 bits per heavy atom. The zero-order chi connectivity index (χ0) is 24.4. The fourth-order valence-electron chi connectivity index (χ4n) is 4.01. The number of ether oxygens (including phenoxy) is 1. The van der Waals surface area contributed by atoms with Crippen LogP contribution < -0.4 is 25.8 Å². The average molecular weight is 485 g/mol. The maximum absolute atomic E-state index is 12.7. The van der Waals surface area contributed by atoms with Crippen LogP contribution in [0, 0.1) is 5.92 Å². The van der Waals surface area contributed by atoms with Gasteiger partial charge in [-0.05, 0) is 49.9 Å². The molecule has 2 aromatic heterocycles. The number of aromatic nitrogens is 3. The number of pyridine rings is 1. The predicted molar refractivity (Wildman–Crippen MR) is 134 cm³/mol. The molecule has 0 bridgehead atoms. The van der Waals surface area contributed by atoms with Gasteiger partial charge >= 0.3 is 0 Å². The minimum atomic E-state index is -0.799. The summed E-state index contributed by atoms with van der Waals surface area (Å²) in [5, 5.41) is 6.97. The van der Waals surface area contributed by atoms with Crippen molar-refractivity contribution in [3.8, 4) is 5.75 Å². The molecule has 1 fully saturated rings. The van der Waals surface area contributed by atoms with Crippen molar-refractivity contribution in [1.82, 2.24) is 19.9 Å². The number of fused-ring (bicyclic) bond motifs is 1. The Labute approximate surface area is 203 Å². The molecule has 1 atom stereocenters. The predicted octanol–water partition coefficient (Wildman–Crippen LogP) is 3.48. The number of benzene rings is 1. The quantitative estimate of drug-likeness (QED) is 0.552. The van der Waals surface area contributed by atoms with Gasteiger partial charge in [0, 0.05) is 38.3 Å². The van der Waals surface area contributed by atoms with Crippen LogP contribution >= 0.6 is 11.6 Å². The minimum Gasteiger partial charge on any atom is -0.475 e. The Hall–Kier alpha value is -3.33. The van der Waals surface area contributed by atoms with Gasteiger partial charge in [-0.15, -0.1) is 0 Å². The molecule has 1 aliphatic heterocycles. The Balaban J connectivity index is 1.63. The Bertz CT molecular complexity index is 1270. The molecular weight excluding hydrogens is 456 g/mol. The summed E-state index contributed by atoms with van der Waals surface area (Å²) in [5.74, 6) is 1.67. The van der Waals surface area contributed by atoms with E-state index in [-0.39, 0.29) is 17.2 Å². The van der Waals surface area contributed by atoms with Gasteiger partial charge in [-0.2, -0.15) is 4.98 Å².